The fraction of sp³-hybridized carbons (Fsp3) is 0.462. The Bertz CT molecular complexity index is 700. The standard InChI is InChI=1S/C13H13F3N4O4/c1-3-4-18(8(2)7-17)12-10(13(14,15)16)5-9(19(21)22)6-11(12)20(23)24/h5-6,8H,3-4H2,1-2H3. The van der Waals surface area contributed by atoms with Crippen molar-refractivity contribution < 1.29 is 23.0 Å². The second-order valence-corrected chi connectivity index (χ2v) is 4.87. The van der Waals surface area contributed by atoms with E-state index in [-0.39, 0.29) is 12.6 Å². The number of hydrogen-bond donors (Lipinski definition) is 0. The molecule has 0 saturated heterocycles. The molecule has 1 atom stereocenters. The molecule has 0 spiro atoms. The molecule has 1 rings (SSSR count). The summed E-state index contributed by atoms with van der Waals surface area (Å²) in [5.74, 6) is 0. The highest BCUT2D eigenvalue weighted by molar-refractivity contribution is 5.73. The topological polar surface area (TPSA) is 113 Å². The third-order valence-electron chi connectivity index (χ3n) is 3.19. The van der Waals surface area contributed by atoms with Crippen LogP contribution in [0, 0.1) is 31.6 Å². The van der Waals surface area contributed by atoms with E-state index in [1.54, 1.807) is 13.0 Å². The molecular weight excluding hydrogens is 333 g/mol. The predicted octanol–water partition coefficient (Wildman–Crippen LogP) is 3.65. The summed E-state index contributed by atoms with van der Waals surface area (Å²) < 4.78 is 40.0. The normalized spacial score (nSPS) is 12.3. The van der Waals surface area contributed by atoms with Crippen LogP contribution in [0.2, 0.25) is 0 Å². The van der Waals surface area contributed by atoms with Gasteiger partial charge in [0.2, 0.25) is 0 Å². The second kappa shape index (κ2) is 7.12. The Morgan fingerprint density at radius 1 is 1.29 bits per heavy atom. The van der Waals surface area contributed by atoms with Crippen LogP contribution < -0.4 is 4.90 Å². The molecule has 0 radical (unpaired) electrons. The zero-order chi connectivity index (χ0) is 18.7. The van der Waals surface area contributed by atoms with E-state index in [9.17, 15) is 33.4 Å². The number of nitriles is 1. The first-order valence-corrected chi connectivity index (χ1v) is 6.74. The molecule has 0 N–H and O–H groups in total. The highest BCUT2D eigenvalue weighted by Crippen LogP contribution is 2.45. The molecule has 1 aromatic carbocycles. The largest absolute Gasteiger partial charge is 0.418 e. The Kier molecular flexibility index (Phi) is 5.68. The van der Waals surface area contributed by atoms with Gasteiger partial charge in [-0.25, -0.2) is 0 Å². The van der Waals surface area contributed by atoms with E-state index < -0.39 is 44.7 Å². The number of nitro groups is 2. The van der Waals surface area contributed by atoms with E-state index in [1.165, 1.54) is 6.92 Å². The van der Waals surface area contributed by atoms with Gasteiger partial charge in [-0.1, -0.05) is 6.92 Å². The first kappa shape index (κ1) is 19.1. The maximum absolute atomic E-state index is 13.3. The summed E-state index contributed by atoms with van der Waals surface area (Å²) in [5.41, 5.74) is -4.46. The van der Waals surface area contributed by atoms with Gasteiger partial charge in [0.15, 0.2) is 0 Å². The minimum Gasteiger partial charge on any atom is -0.350 e. The van der Waals surface area contributed by atoms with Crippen LogP contribution in [0.1, 0.15) is 25.8 Å². The van der Waals surface area contributed by atoms with Crippen LogP contribution in [0.3, 0.4) is 0 Å². The highest BCUT2D eigenvalue weighted by atomic mass is 19.4. The molecule has 1 aromatic rings. The number of non-ortho nitro benzene ring substituents is 1. The fourth-order valence-corrected chi connectivity index (χ4v) is 2.18. The average molecular weight is 346 g/mol. The minimum absolute atomic E-state index is 0.0591. The number of halogens is 3. The third-order valence-corrected chi connectivity index (χ3v) is 3.19. The van der Waals surface area contributed by atoms with Crippen molar-refractivity contribution in [2.45, 2.75) is 32.5 Å². The van der Waals surface area contributed by atoms with Gasteiger partial charge in [0.25, 0.3) is 11.4 Å². The summed E-state index contributed by atoms with van der Waals surface area (Å²) >= 11 is 0. The van der Waals surface area contributed by atoms with Gasteiger partial charge in [0.05, 0.1) is 27.5 Å². The van der Waals surface area contributed by atoms with E-state index in [2.05, 4.69) is 0 Å². The van der Waals surface area contributed by atoms with Crippen LogP contribution in [0.25, 0.3) is 0 Å². The Morgan fingerprint density at radius 2 is 1.88 bits per heavy atom. The Labute approximate surface area is 134 Å². The van der Waals surface area contributed by atoms with Gasteiger partial charge < -0.3 is 4.90 Å². The first-order valence-electron chi connectivity index (χ1n) is 6.74. The molecule has 0 aliphatic rings. The highest BCUT2D eigenvalue weighted by Gasteiger charge is 2.42. The van der Waals surface area contributed by atoms with Crippen molar-refractivity contribution in [2.24, 2.45) is 0 Å². The number of hydrogen-bond acceptors (Lipinski definition) is 6. The molecule has 8 nitrogen and oxygen atoms in total. The lowest BCUT2D eigenvalue weighted by atomic mass is 10.1. The number of rotatable bonds is 6. The number of benzene rings is 1. The Hall–Kier alpha value is -2.90. The summed E-state index contributed by atoms with van der Waals surface area (Å²) in [5, 5.41) is 31.0. The van der Waals surface area contributed by atoms with Crippen molar-refractivity contribution >= 4 is 17.1 Å². The molecule has 0 aliphatic heterocycles. The quantitative estimate of drug-likeness (QED) is 0.574. The molecule has 0 amide bonds. The summed E-state index contributed by atoms with van der Waals surface area (Å²) in [6, 6.07) is 1.36. The Morgan fingerprint density at radius 3 is 2.25 bits per heavy atom. The van der Waals surface area contributed by atoms with Crippen molar-refractivity contribution in [3.8, 4) is 6.07 Å². The van der Waals surface area contributed by atoms with Crippen LogP contribution in [0.4, 0.5) is 30.2 Å². The van der Waals surface area contributed by atoms with Gasteiger partial charge in [0, 0.05) is 12.6 Å². The monoisotopic (exact) mass is 346 g/mol. The van der Waals surface area contributed by atoms with Gasteiger partial charge in [-0.2, -0.15) is 18.4 Å². The van der Waals surface area contributed by atoms with Gasteiger partial charge in [-0.05, 0) is 13.3 Å². The molecule has 0 heterocycles. The van der Waals surface area contributed by atoms with Gasteiger partial charge >= 0.3 is 6.18 Å². The van der Waals surface area contributed by atoms with Crippen molar-refractivity contribution in [1.29, 1.82) is 5.26 Å². The SMILES string of the molecule is CCCN(c1c([N+](=O)[O-])cc([N+](=O)[O-])cc1C(F)(F)F)C(C)C#N. The molecule has 0 bridgehead atoms. The number of nitro benzene ring substituents is 2. The van der Waals surface area contributed by atoms with Crippen molar-refractivity contribution in [2.75, 3.05) is 11.4 Å². The number of anilines is 1. The van der Waals surface area contributed by atoms with Crippen LogP contribution in [0.5, 0.6) is 0 Å². The summed E-state index contributed by atoms with van der Waals surface area (Å²) in [6.45, 7) is 2.86. The second-order valence-electron chi connectivity index (χ2n) is 4.87. The van der Waals surface area contributed by atoms with Gasteiger partial charge in [-0.3, -0.25) is 20.2 Å². The molecule has 0 aromatic heterocycles. The van der Waals surface area contributed by atoms with Crippen LogP contribution in [0.15, 0.2) is 12.1 Å². The summed E-state index contributed by atoms with van der Waals surface area (Å²) in [4.78, 5) is 20.7. The van der Waals surface area contributed by atoms with Crippen molar-refractivity contribution in [3.05, 3.63) is 37.9 Å². The summed E-state index contributed by atoms with van der Waals surface area (Å²) in [6.07, 6.45) is -4.75. The fourth-order valence-electron chi connectivity index (χ4n) is 2.18. The van der Waals surface area contributed by atoms with Crippen LogP contribution in [-0.4, -0.2) is 22.4 Å². The van der Waals surface area contributed by atoms with Crippen LogP contribution in [-0.2, 0) is 6.18 Å². The van der Waals surface area contributed by atoms with E-state index >= 15 is 0 Å². The van der Waals surface area contributed by atoms with E-state index in [0.29, 0.717) is 12.5 Å². The lowest BCUT2D eigenvalue weighted by molar-refractivity contribution is -0.394. The minimum atomic E-state index is -5.06. The molecular formula is C13H13F3N4O4. The lowest BCUT2D eigenvalue weighted by Gasteiger charge is -2.28. The van der Waals surface area contributed by atoms with E-state index in [4.69, 9.17) is 5.26 Å². The van der Waals surface area contributed by atoms with Crippen molar-refractivity contribution in [3.63, 3.8) is 0 Å². The molecule has 130 valence electrons. The average Bonchev–Trinajstić information content (AvgIpc) is 2.49. The number of alkyl halides is 3. The lowest BCUT2D eigenvalue weighted by Crippen LogP contribution is -2.35. The zero-order valence-corrected chi connectivity index (χ0v) is 12.7. The van der Waals surface area contributed by atoms with E-state index in [0.717, 1.165) is 4.90 Å². The third kappa shape index (κ3) is 3.89. The molecule has 1 unspecified atom stereocenters. The van der Waals surface area contributed by atoms with Gasteiger partial charge in [-0.15, -0.1) is 0 Å². The molecule has 24 heavy (non-hydrogen) atoms. The first-order chi connectivity index (χ1) is 11.0. The summed E-state index contributed by atoms with van der Waals surface area (Å²) in [7, 11) is 0. The number of nitrogens with zero attached hydrogens (tertiary/aromatic N) is 4. The molecule has 0 saturated carbocycles. The Balaban J connectivity index is 3.86. The zero-order valence-electron chi connectivity index (χ0n) is 12.7. The maximum atomic E-state index is 13.3. The van der Waals surface area contributed by atoms with E-state index in [1.807, 2.05) is 0 Å². The maximum Gasteiger partial charge on any atom is 0.418 e. The molecule has 0 fully saturated rings. The molecule has 11 heteroatoms. The molecule has 0 aliphatic carbocycles. The smallest absolute Gasteiger partial charge is 0.350 e. The van der Waals surface area contributed by atoms with Crippen LogP contribution >= 0.6 is 0 Å². The predicted molar refractivity (Wildman–Crippen MR) is 77.5 cm³/mol. The van der Waals surface area contributed by atoms with Crippen molar-refractivity contribution in [1.82, 2.24) is 0 Å². The van der Waals surface area contributed by atoms with Gasteiger partial charge in [0.1, 0.15) is 11.7 Å².